The maximum atomic E-state index is 12.4. The van der Waals surface area contributed by atoms with Crippen LogP contribution in [0.15, 0.2) is 64.6 Å². The number of amides is 1. The van der Waals surface area contributed by atoms with Gasteiger partial charge in [-0.05, 0) is 41.8 Å². The minimum Gasteiger partial charge on any atom is -0.497 e. The van der Waals surface area contributed by atoms with Crippen molar-refractivity contribution in [2.24, 2.45) is 0 Å². The van der Waals surface area contributed by atoms with Gasteiger partial charge in [0.15, 0.2) is 0 Å². The predicted molar refractivity (Wildman–Crippen MR) is 90.2 cm³/mol. The SMILES string of the molecule is COc1cccc(C(=O)NC[C@H](c2ccco2)c2cccs2)c1. The van der Waals surface area contributed by atoms with Crippen molar-refractivity contribution in [3.63, 3.8) is 0 Å². The van der Waals surface area contributed by atoms with Gasteiger partial charge in [0.05, 0.1) is 19.3 Å². The minimum absolute atomic E-state index is 0.0135. The largest absolute Gasteiger partial charge is 0.497 e. The highest BCUT2D eigenvalue weighted by Gasteiger charge is 2.19. The number of benzene rings is 1. The third kappa shape index (κ3) is 3.63. The Balaban J connectivity index is 1.73. The normalized spacial score (nSPS) is 11.9. The number of ether oxygens (including phenoxy) is 1. The zero-order valence-electron chi connectivity index (χ0n) is 12.7. The van der Waals surface area contributed by atoms with Crippen LogP contribution < -0.4 is 10.1 Å². The molecule has 1 N–H and O–H groups in total. The monoisotopic (exact) mass is 327 g/mol. The molecule has 0 aliphatic heterocycles. The summed E-state index contributed by atoms with van der Waals surface area (Å²) in [5.74, 6) is 1.40. The van der Waals surface area contributed by atoms with Crippen LogP contribution in [-0.4, -0.2) is 19.6 Å². The fraction of sp³-hybridized carbons (Fsp3) is 0.167. The van der Waals surface area contributed by atoms with Gasteiger partial charge in [-0.15, -0.1) is 11.3 Å². The maximum Gasteiger partial charge on any atom is 0.251 e. The molecule has 1 atom stereocenters. The van der Waals surface area contributed by atoms with Gasteiger partial charge in [-0.1, -0.05) is 12.1 Å². The summed E-state index contributed by atoms with van der Waals surface area (Å²) < 4.78 is 10.7. The van der Waals surface area contributed by atoms with E-state index in [0.29, 0.717) is 17.9 Å². The summed E-state index contributed by atoms with van der Waals surface area (Å²) in [5, 5.41) is 5.00. The van der Waals surface area contributed by atoms with Gasteiger partial charge in [-0.2, -0.15) is 0 Å². The highest BCUT2D eigenvalue weighted by atomic mass is 32.1. The lowest BCUT2D eigenvalue weighted by molar-refractivity contribution is 0.0951. The molecular formula is C18H17NO3S. The molecule has 5 heteroatoms. The number of thiophene rings is 1. The van der Waals surface area contributed by atoms with E-state index in [1.807, 2.05) is 29.6 Å². The Bertz CT molecular complexity index is 716. The van der Waals surface area contributed by atoms with Crippen molar-refractivity contribution in [1.82, 2.24) is 5.32 Å². The standard InChI is InChI=1S/C18H17NO3S/c1-21-14-6-2-5-13(11-14)18(20)19-12-15(16-7-3-9-22-16)17-8-4-10-23-17/h2-11,15H,12H2,1H3,(H,19,20)/t15-/m1/s1. The molecular weight excluding hydrogens is 310 g/mol. The van der Waals surface area contributed by atoms with E-state index in [1.54, 1.807) is 42.9 Å². The first-order chi connectivity index (χ1) is 11.3. The third-order valence-corrected chi connectivity index (χ3v) is 4.56. The second kappa shape index (κ2) is 7.15. The minimum atomic E-state index is -0.128. The number of furan rings is 1. The molecule has 0 unspecified atom stereocenters. The Morgan fingerprint density at radius 1 is 1.26 bits per heavy atom. The van der Waals surface area contributed by atoms with Gasteiger partial charge in [0.25, 0.3) is 5.91 Å². The van der Waals surface area contributed by atoms with Crippen molar-refractivity contribution in [1.29, 1.82) is 0 Å². The van der Waals surface area contributed by atoms with Gasteiger partial charge >= 0.3 is 0 Å². The molecule has 23 heavy (non-hydrogen) atoms. The molecule has 2 heterocycles. The molecule has 0 radical (unpaired) electrons. The van der Waals surface area contributed by atoms with E-state index in [-0.39, 0.29) is 11.8 Å². The Morgan fingerprint density at radius 2 is 2.17 bits per heavy atom. The molecule has 2 aromatic heterocycles. The van der Waals surface area contributed by atoms with Crippen LogP contribution in [0.2, 0.25) is 0 Å². The number of rotatable bonds is 6. The molecule has 0 spiro atoms. The molecule has 0 bridgehead atoms. The van der Waals surface area contributed by atoms with Gasteiger partial charge in [-0.3, -0.25) is 4.79 Å². The van der Waals surface area contributed by atoms with E-state index in [0.717, 1.165) is 10.6 Å². The summed E-state index contributed by atoms with van der Waals surface area (Å²) in [7, 11) is 1.58. The lowest BCUT2D eigenvalue weighted by Crippen LogP contribution is -2.28. The summed E-state index contributed by atoms with van der Waals surface area (Å²) in [6.07, 6.45) is 1.65. The van der Waals surface area contributed by atoms with Crippen molar-refractivity contribution in [2.75, 3.05) is 13.7 Å². The summed E-state index contributed by atoms with van der Waals surface area (Å²) >= 11 is 1.65. The molecule has 0 aliphatic carbocycles. The zero-order chi connectivity index (χ0) is 16.1. The van der Waals surface area contributed by atoms with Crippen LogP contribution in [-0.2, 0) is 0 Å². The van der Waals surface area contributed by atoms with E-state index < -0.39 is 0 Å². The Hall–Kier alpha value is -2.53. The maximum absolute atomic E-state index is 12.4. The predicted octanol–water partition coefficient (Wildman–Crippen LogP) is 3.91. The molecule has 118 valence electrons. The topological polar surface area (TPSA) is 51.5 Å². The van der Waals surface area contributed by atoms with Crippen LogP contribution in [0.4, 0.5) is 0 Å². The first kappa shape index (κ1) is 15.4. The summed E-state index contributed by atoms with van der Waals surface area (Å²) in [4.78, 5) is 13.5. The molecule has 0 fully saturated rings. The smallest absolute Gasteiger partial charge is 0.251 e. The molecule has 3 aromatic rings. The fourth-order valence-corrected chi connectivity index (χ4v) is 3.22. The fourth-order valence-electron chi connectivity index (χ4n) is 2.38. The lowest BCUT2D eigenvalue weighted by atomic mass is 10.0. The molecule has 0 aliphatic rings. The first-order valence-electron chi connectivity index (χ1n) is 7.27. The van der Waals surface area contributed by atoms with Gasteiger partial charge in [0.1, 0.15) is 11.5 Å². The molecule has 0 saturated carbocycles. The van der Waals surface area contributed by atoms with Crippen LogP contribution in [0.5, 0.6) is 5.75 Å². The number of methoxy groups -OCH3 is 1. The van der Waals surface area contributed by atoms with Crippen molar-refractivity contribution < 1.29 is 13.9 Å². The Labute approximate surface area is 138 Å². The second-order valence-corrected chi connectivity index (χ2v) is 6.00. The quantitative estimate of drug-likeness (QED) is 0.747. The third-order valence-electron chi connectivity index (χ3n) is 3.57. The Kier molecular flexibility index (Phi) is 4.78. The summed E-state index contributed by atoms with van der Waals surface area (Å²) in [6, 6.07) is 15.0. The second-order valence-electron chi connectivity index (χ2n) is 5.03. The van der Waals surface area contributed by atoms with Crippen LogP contribution in [0.1, 0.15) is 26.9 Å². The molecule has 1 aromatic carbocycles. The number of hydrogen-bond acceptors (Lipinski definition) is 4. The van der Waals surface area contributed by atoms with Crippen LogP contribution in [0, 0.1) is 0 Å². The van der Waals surface area contributed by atoms with Crippen LogP contribution in [0.3, 0.4) is 0 Å². The average molecular weight is 327 g/mol. The summed E-state index contributed by atoms with van der Waals surface area (Å²) in [5.41, 5.74) is 0.578. The van der Waals surface area contributed by atoms with Crippen molar-refractivity contribution in [3.05, 3.63) is 76.4 Å². The van der Waals surface area contributed by atoms with Gasteiger partial charge in [-0.25, -0.2) is 0 Å². The van der Waals surface area contributed by atoms with Crippen LogP contribution in [0.25, 0.3) is 0 Å². The van der Waals surface area contributed by atoms with Gasteiger partial charge < -0.3 is 14.5 Å². The van der Waals surface area contributed by atoms with Crippen LogP contribution >= 0.6 is 11.3 Å². The number of nitrogens with one attached hydrogen (secondary N) is 1. The van der Waals surface area contributed by atoms with Crippen molar-refractivity contribution >= 4 is 17.2 Å². The number of carbonyl (C=O) groups excluding carboxylic acids is 1. The Morgan fingerprint density at radius 3 is 2.87 bits per heavy atom. The van der Waals surface area contributed by atoms with E-state index >= 15 is 0 Å². The average Bonchev–Trinajstić information content (AvgIpc) is 3.29. The highest BCUT2D eigenvalue weighted by Crippen LogP contribution is 2.28. The van der Waals surface area contributed by atoms with Gasteiger partial charge in [0.2, 0.25) is 0 Å². The van der Waals surface area contributed by atoms with E-state index in [2.05, 4.69) is 11.4 Å². The highest BCUT2D eigenvalue weighted by molar-refractivity contribution is 7.10. The molecule has 3 rings (SSSR count). The van der Waals surface area contributed by atoms with E-state index in [9.17, 15) is 4.79 Å². The first-order valence-corrected chi connectivity index (χ1v) is 8.15. The number of carbonyl (C=O) groups is 1. The molecule has 4 nitrogen and oxygen atoms in total. The van der Waals surface area contributed by atoms with E-state index in [4.69, 9.17) is 9.15 Å². The summed E-state index contributed by atoms with van der Waals surface area (Å²) in [6.45, 7) is 0.476. The molecule has 1 amide bonds. The van der Waals surface area contributed by atoms with Gasteiger partial charge in [0, 0.05) is 17.0 Å². The van der Waals surface area contributed by atoms with E-state index in [1.165, 1.54) is 0 Å². The molecule has 0 saturated heterocycles. The lowest BCUT2D eigenvalue weighted by Gasteiger charge is -2.14. The number of hydrogen-bond donors (Lipinski definition) is 1. The van der Waals surface area contributed by atoms with Crippen molar-refractivity contribution in [2.45, 2.75) is 5.92 Å². The zero-order valence-corrected chi connectivity index (χ0v) is 13.5. The van der Waals surface area contributed by atoms with Crippen molar-refractivity contribution in [3.8, 4) is 5.75 Å².